The fraction of sp³-hybridized carbons (Fsp3) is 0.364. The Hall–Kier alpha value is -3.68. The number of rotatable bonds is 9. The van der Waals surface area contributed by atoms with Crippen LogP contribution >= 0.6 is 0 Å². The number of aromatic nitrogens is 2. The molecule has 7 heteroatoms. The predicted octanol–water partition coefficient (Wildman–Crippen LogP) is 5.58. The van der Waals surface area contributed by atoms with E-state index in [0.717, 1.165) is 63.7 Å². The molecule has 0 saturated carbocycles. The van der Waals surface area contributed by atoms with Crippen LogP contribution in [0.1, 0.15) is 25.0 Å². The zero-order valence-electron chi connectivity index (χ0n) is 23.2. The second-order valence-corrected chi connectivity index (χ2v) is 10.8. The number of hydrogen-bond donors (Lipinski definition) is 1. The fourth-order valence-corrected chi connectivity index (χ4v) is 5.88. The van der Waals surface area contributed by atoms with Crippen LogP contribution in [0.4, 0.5) is 15.8 Å². The molecular weight excluding hydrogens is 499 g/mol. The standard InChI is InChI=1S/C33H39FN6/c34-31-14-5-6-15-33(31)39-22-20-37(21-23-39)19-16-35-25-32-30(26-40(36-32)28-11-3-1-4-12-28)27-10-9-13-29(24-27)38-17-7-2-8-18-38/h1,3-6,9-15,24,26,35H,2,7-8,16-23,25H2. The summed E-state index contributed by atoms with van der Waals surface area (Å²) in [7, 11) is 0. The minimum atomic E-state index is -0.134. The summed E-state index contributed by atoms with van der Waals surface area (Å²) in [6.45, 7) is 8.39. The van der Waals surface area contributed by atoms with Gasteiger partial charge in [-0.3, -0.25) is 4.90 Å². The van der Waals surface area contributed by atoms with Gasteiger partial charge in [-0.2, -0.15) is 5.10 Å². The lowest BCUT2D eigenvalue weighted by Crippen LogP contribution is -2.48. The first-order valence-corrected chi connectivity index (χ1v) is 14.7. The predicted molar refractivity (Wildman–Crippen MR) is 162 cm³/mol. The van der Waals surface area contributed by atoms with E-state index in [1.165, 1.54) is 36.1 Å². The number of piperazine rings is 1. The Balaban J connectivity index is 1.10. The molecule has 2 aliphatic heterocycles. The van der Waals surface area contributed by atoms with Crippen molar-refractivity contribution in [2.75, 3.05) is 62.2 Å². The van der Waals surface area contributed by atoms with Crippen molar-refractivity contribution in [1.29, 1.82) is 0 Å². The Bertz CT molecular complexity index is 1370. The summed E-state index contributed by atoms with van der Waals surface area (Å²) in [5.41, 5.74) is 6.53. The number of para-hydroxylation sites is 2. The molecule has 2 saturated heterocycles. The normalized spacial score (nSPS) is 16.4. The molecule has 3 heterocycles. The molecule has 208 valence electrons. The van der Waals surface area contributed by atoms with Gasteiger partial charge < -0.3 is 15.1 Å². The van der Waals surface area contributed by atoms with E-state index in [2.05, 4.69) is 74.7 Å². The molecule has 0 amide bonds. The van der Waals surface area contributed by atoms with Crippen molar-refractivity contribution in [2.24, 2.45) is 0 Å². The number of hydrogen-bond acceptors (Lipinski definition) is 5. The third-order valence-corrected chi connectivity index (χ3v) is 8.15. The monoisotopic (exact) mass is 538 g/mol. The molecule has 0 unspecified atom stereocenters. The summed E-state index contributed by atoms with van der Waals surface area (Å²) in [4.78, 5) is 7.12. The molecule has 40 heavy (non-hydrogen) atoms. The molecule has 6 nitrogen and oxygen atoms in total. The average Bonchev–Trinajstić information content (AvgIpc) is 3.45. The first kappa shape index (κ1) is 26.5. The van der Waals surface area contributed by atoms with E-state index in [1.807, 2.05) is 22.9 Å². The molecular formula is C33H39FN6. The minimum Gasteiger partial charge on any atom is -0.372 e. The topological polar surface area (TPSA) is 39.6 Å². The lowest BCUT2D eigenvalue weighted by molar-refractivity contribution is 0.256. The SMILES string of the molecule is Fc1ccccc1N1CCN(CCNCc2nn(-c3ccccc3)cc2-c2cccc(N3CCCCC3)c2)CC1. The quantitative estimate of drug-likeness (QED) is 0.282. The molecule has 0 radical (unpaired) electrons. The number of nitrogens with one attached hydrogen (secondary N) is 1. The smallest absolute Gasteiger partial charge is 0.146 e. The Kier molecular flexibility index (Phi) is 8.40. The van der Waals surface area contributed by atoms with Gasteiger partial charge in [-0.1, -0.05) is 42.5 Å². The highest BCUT2D eigenvalue weighted by atomic mass is 19.1. The Labute approximate surface area is 237 Å². The molecule has 1 N–H and O–H groups in total. The van der Waals surface area contributed by atoms with E-state index in [-0.39, 0.29) is 5.82 Å². The molecule has 1 aromatic heterocycles. The molecule has 2 fully saturated rings. The van der Waals surface area contributed by atoms with E-state index >= 15 is 0 Å². The lowest BCUT2D eigenvalue weighted by Gasteiger charge is -2.36. The van der Waals surface area contributed by atoms with Gasteiger partial charge in [0.05, 0.1) is 17.1 Å². The number of benzene rings is 3. The zero-order valence-corrected chi connectivity index (χ0v) is 23.2. The van der Waals surface area contributed by atoms with Crippen molar-refractivity contribution in [1.82, 2.24) is 20.0 Å². The molecule has 4 aromatic rings. The molecule has 2 aliphatic rings. The van der Waals surface area contributed by atoms with Crippen molar-refractivity contribution in [3.05, 3.63) is 96.6 Å². The van der Waals surface area contributed by atoms with Gasteiger partial charge in [0.15, 0.2) is 0 Å². The fourth-order valence-electron chi connectivity index (χ4n) is 5.88. The molecule has 3 aromatic carbocycles. The summed E-state index contributed by atoms with van der Waals surface area (Å²) >= 11 is 0. The van der Waals surface area contributed by atoms with Gasteiger partial charge in [0.1, 0.15) is 5.82 Å². The third kappa shape index (κ3) is 6.21. The van der Waals surface area contributed by atoms with E-state index in [1.54, 1.807) is 12.1 Å². The van der Waals surface area contributed by atoms with Gasteiger partial charge in [-0.15, -0.1) is 0 Å². The number of halogens is 1. The average molecular weight is 539 g/mol. The van der Waals surface area contributed by atoms with Crippen molar-refractivity contribution >= 4 is 11.4 Å². The van der Waals surface area contributed by atoms with Crippen LogP contribution in [0.2, 0.25) is 0 Å². The number of anilines is 2. The summed E-state index contributed by atoms with van der Waals surface area (Å²) in [5.74, 6) is -0.134. The van der Waals surface area contributed by atoms with Gasteiger partial charge in [-0.25, -0.2) is 9.07 Å². The first-order chi connectivity index (χ1) is 19.7. The summed E-state index contributed by atoms with van der Waals surface area (Å²) in [6, 6.07) is 26.4. The highest BCUT2D eigenvalue weighted by molar-refractivity contribution is 5.70. The van der Waals surface area contributed by atoms with Crippen LogP contribution in [0.3, 0.4) is 0 Å². The minimum absolute atomic E-state index is 0.134. The molecule has 0 aliphatic carbocycles. The van der Waals surface area contributed by atoms with Crippen LogP contribution in [0.5, 0.6) is 0 Å². The van der Waals surface area contributed by atoms with Crippen LogP contribution in [-0.4, -0.2) is 67.0 Å². The second kappa shape index (κ2) is 12.7. The van der Waals surface area contributed by atoms with Gasteiger partial charge in [0.2, 0.25) is 0 Å². The van der Waals surface area contributed by atoms with Gasteiger partial charge in [0.25, 0.3) is 0 Å². The number of piperidine rings is 1. The molecule has 0 atom stereocenters. The van der Waals surface area contributed by atoms with E-state index < -0.39 is 0 Å². The number of nitrogens with zero attached hydrogens (tertiary/aromatic N) is 5. The third-order valence-electron chi connectivity index (χ3n) is 8.15. The van der Waals surface area contributed by atoms with Gasteiger partial charge in [-0.05, 0) is 61.2 Å². The van der Waals surface area contributed by atoms with Crippen molar-refractivity contribution in [2.45, 2.75) is 25.8 Å². The van der Waals surface area contributed by atoms with Gasteiger partial charge in [0, 0.05) is 76.4 Å². The molecule has 0 bridgehead atoms. The van der Waals surface area contributed by atoms with E-state index in [4.69, 9.17) is 5.10 Å². The van der Waals surface area contributed by atoms with Crippen LogP contribution in [0, 0.1) is 5.82 Å². The zero-order chi connectivity index (χ0) is 27.1. The highest BCUT2D eigenvalue weighted by Gasteiger charge is 2.19. The summed E-state index contributed by atoms with van der Waals surface area (Å²) in [5, 5.41) is 8.67. The first-order valence-electron chi connectivity index (χ1n) is 14.7. The Morgan fingerprint density at radius 3 is 2.27 bits per heavy atom. The van der Waals surface area contributed by atoms with Crippen molar-refractivity contribution in [3.63, 3.8) is 0 Å². The van der Waals surface area contributed by atoms with E-state index in [9.17, 15) is 4.39 Å². The van der Waals surface area contributed by atoms with Crippen LogP contribution in [-0.2, 0) is 6.54 Å². The summed E-state index contributed by atoms with van der Waals surface area (Å²) in [6.07, 6.45) is 6.04. The summed E-state index contributed by atoms with van der Waals surface area (Å²) < 4.78 is 16.2. The largest absolute Gasteiger partial charge is 0.372 e. The lowest BCUT2D eigenvalue weighted by atomic mass is 10.0. The maximum absolute atomic E-state index is 14.2. The Morgan fingerprint density at radius 1 is 0.725 bits per heavy atom. The Morgan fingerprint density at radius 2 is 1.48 bits per heavy atom. The second-order valence-electron chi connectivity index (χ2n) is 10.8. The van der Waals surface area contributed by atoms with Crippen LogP contribution in [0.15, 0.2) is 85.1 Å². The van der Waals surface area contributed by atoms with Crippen LogP contribution in [0.25, 0.3) is 16.8 Å². The van der Waals surface area contributed by atoms with Gasteiger partial charge >= 0.3 is 0 Å². The molecule has 6 rings (SSSR count). The highest BCUT2D eigenvalue weighted by Crippen LogP contribution is 2.29. The molecule has 0 spiro atoms. The van der Waals surface area contributed by atoms with Crippen molar-refractivity contribution < 1.29 is 4.39 Å². The van der Waals surface area contributed by atoms with Crippen LogP contribution < -0.4 is 15.1 Å². The van der Waals surface area contributed by atoms with E-state index in [0.29, 0.717) is 12.2 Å². The van der Waals surface area contributed by atoms with Crippen molar-refractivity contribution in [3.8, 4) is 16.8 Å². The maximum atomic E-state index is 14.2. The maximum Gasteiger partial charge on any atom is 0.146 e.